The second-order valence-electron chi connectivity index (χ2n) is 44.1. The van der Waals surface area contributed by atoms with Crippen LogP contribution in [-0.2, 0) is 191 Å². The van der Waals surface area contributed by atoms with Crippen LogP contribution >= 0.6 is 0 Å². The summed E-state index contributed by atoms with van der Waals surface area (Å²) in [4.78, 5) is 294. The van der Waals surface area contributed by atoms with E-state index in [0.717, 1.165) is 142 Å². The van der Waals surface area contributed by atoms with Crippen molar-refractivity contribution in [3.05, 3.63) is 0 Å². The lowest BCUT2D eigenvalue weighted by Crippen LogP contribution is -2.52. The quantitative estimate of drug-likeness (QED) is 0.0403. The summed E-state index contributed by atoms with van der Waals surface area (Å²) in [7, 11) is 20.7. The molecule has 40 nitrogen and oxygen atoms in total. The second-order valence-corrected chi connectivity index (χ2v) is 44.1. The number of carbonyl (C=O) groups is 20. The normalized spacial score (nSPS) is 19.4. The van der Waals surface area contributed by atoms with Crippen LogP contribution in [-0.4, -0.2) is 262 Å². The zero-order valence-electron chi connectivity index (χ0n) is 90.8. The zero-order valence-corrected chi connectivity index (χ0v) is 90.8. The summed E-state index contributed by atoms with van der Waals surface area (Å²) in [5.41, 5.74) is -38.8. The van der Waals surface area contributed by atoms with Crippen molar-refractivity contribution in [2.45, 2.75) is 275 Å². The van der Waals surface area contributed by atoms with Crippen LogP contribution in [0.2, 0.25) is 0 Å². The topological polar surface area (TPSA) is 526 Å². The minimum absolute atomic E-state index is 0. The Morgan fingerprint density at radius 2 is 0.227 bits per heavy atom. The van der Waals surface area contributed by atoms with E-state index in [-0.39, 0.29) is 20.3 Å². The number of rotatable bonds is 58. The summed E-state index contributed by atoms with van der Waals surface area (Å²) < 4.78 is 108. The molecule has 0 rings (SSSR count). The van der Waals surface area contributed by atoms with Gasteiger partial charge >= 0.3 is 119 Å². The highest BCUT2D eigenvalue weighted by Crippen LogP contribution is 2.62. The van der Waals surface area contributed by atoms with Crippen molar-refractivity contribution in [1.29, 1.82) is 0 Å². The Morgan fingerprint density at radius 3 is 0.319 bits per heavy atom. The fourth-order valence-electron chi connectivity index (χ4n) is 25.1. The molecule has 0 radical (unpaired) electrons. The van der Waals surface area contributed by atoms with Gasteiger partial charge in [0.2, 0.25) is 0 Å². The molecule has 0 bridgehead atoms. The number of carbonyl (C=O) groups excluding carboxylic acids is 20. The summed E-state index contributed by atoms with van der Waals surface area (Å²) in [6.45, 7) is 28.6. The lowest BCUT2D eigenvalue weighted by Gasteiger charge is -2.47. The zero-order chi connectivity index (χ0) is 110. The molecule has 40 heteroatoms. The van der Waals surface area contributed by atoms with Crippen LogP contribution in [0.4, 0.5) is 0 Å². The highest BCUT2D eigenvalue weighted by molar-refractivity contribution is 5.91. The SMILES string of the molecule is C.COC(=O)C(C)CC(C)(CC(C)(CC(C)(CC(C)(CC(C)(CC(C)(CC(C)(CC(C)(CC(C)(CC(C)(CC(C)(CC(C)(CC(C)(CC(C)(CC(C)(CC(C)(CC(C)(CC(C)(CC(C)(C)C(=O)OC)C(=O)OC)C(=O)OC)C(=O)OC)C(=O)OC)C(=O)OC)C(=O)OC)C(=O)OC)C(=O)OC)C(=O)OC)C(=O)OC)C(=O)OC)C(=O)OC)C(=O)OC)C(=O)OC)C(=O)OC)C(=O)OC)C(=O)OC)C(=O)OC. The first-order valence-electron chi connectivity index (χ1n) is 45.4. The van der Waals surface area contributed by atoms with Gasteiger partial charge in [-0.05, 0) is 260 Å². The van der Waals surface area contributed by atoms with Crippen LogP contribution in [0, 0.1) is 109 Å². The third-order valence-electron chi connectivity index (χ3n) is 28.4. The van der Waals surface area contributed by atoms with Crippen molar-refractivity contribution in [3.63, 3.8) is 0 Å². The molecule has 0 aromatic carbocycles. The third kappa shape index (κ3) is 31.0. The van der Waals surface area contributed by atoms with Crippen molar-refractivity contribution in [1.82, 2.24) is 0 Å². The molecule has 19 atom stereocenters. The predicted octanol–water partition coefficient (Wildman–Crippen LogP) is 12.3. The Labute approximate surface area is 832 Å². The van der Waals surface area contributed by atoms with Gasteiger partial charge in [-0.25, -0.2) is 0 Å². The summed E-state index contributed by atoms with van der Waals surface area (Å²) in [6, 6.07) is 0. The summed E-state index contributed by atoms with van der Waals surface area (Å²) >= 11 is 0. The molecule has 0 aliphatic rings. The molecule has 19 unspecified atom stereocenters. The first kappa shape index (κ1) is 132. The van der Waals surface area contributed by atoms with Gasteiger partial charge < -0.3 is 94.7 Å². The van der Waals surface area contributed by atoms with Gasteiger partial charge in [0, 0.05) is 0 Å². The summed E-state index contributed by atoms with van der Waals surface area (Å²) in [6.07, 6.45) is -12.2. The average molecular weight is 2020 g/mol. The van der Waals surface area contributed by atoms with E-state index in [1.807, 2.05) is 0 Å². The number of hydrogen-bond donors (Lipinski definition) is 0. The van der Waals surface area contributed by atoms with Gasteiger partial charge in [0.15, 0.2) is 0 Å². The maximum Gasteiger partial charge on any atom is 0.311 e. The Morgan fingerprint density at radius 1 is 0.142 bits per heavy atom. The molecule has 0 aliphatic heterocycles. The van der Waals surface area contributed by atoms with Crippen LogP contribution in [0.1, 0.15) is 275 Å². The van der Waals surface area contributed by atoms with E-state index < -0.39 is 337 Å². The molecule has 0 aromatic rings. The van der Waals surface area contributed by atoms with E-state index >= 15 is 47.9 Å². The Hall–Kier alpha value is -10.6. The highest BCUT2D eigenvalue weighted by Gasteiger charge is 2.66. The van der Waals surface area contributed by atoms with Crippen LogP contribution < -0.4 is 0 Å². The summed E-state index contributed by atoms with van der Waals surface area (Å²) in [5.74, 6) is -21.3. The standard InChI is InChI=1S/C100H162O40.CH4/c1-61(62(101)121-22)42-83(4,64(103)123-24)44-85(6,66(105)125-26)46-87(8,68(107)127-28)48-89(10,70(109)129-30)50-91(12,72(111)131-32)52-93(14,74(113)133-34)54-95(16,76(115)135-36)56-97(18,78(117)137-38)58-99(20,80(119)139-40)60-100(21,81(120)140-41)59-98(19,79(118)138-39)57-96(17,77(116)136-37)55-94(15,75(114)134-35)53-92(13,73(112)132-33)51-90(11,71(110)130-31)49-88(9,69(108)128-29)47-86(7,67(106)126-27)45-84(5,65(104)124-25)43-82(2,3)63(102)122-23;/h61H,42-60H2,1-41H3;1H4. The van der Waals surface area contributed by atoms with Crippen LogP contribution in [0.15, 0.2) is 0 Å². The van der Waals surface area contributed by atoms with Gasteiger partial charge in [0.05, 0.1) is 251 Å². The second kappa shape index (κ2) is 50.6. The molecule has 810 valence electrons. The lowest BCUT2D eigenvalue weighted by atomic mass is 9.55. The maximum absolute atomic E-state index is 15.2. The molecule has 0 amide bonds. The first-order chi connectivity index (χ1) is 63.7. The molecule has 0 spiro atoms. The van der Waals surface area contributed by atoms with E-state index in [2.05, 4.69) is 0 Å². The number of hydrogen-bond acceptors (Lipinski definition) is 40. The Balaban J connectivity index is 0. The molecular weight excluding hydrogens is 1850 g/mol. The largest absolute Gasteiger partial charge is 0.469 e. The molecule has 0 aromatic heterocycles. The Bertz CT molecular complexity index is 4350. The first-order valence-corrected chi connectivity index (χ1v) is 45.4. The number of ether oxygens (including phenoxy) is 20. The van der Waals surface area contributed by atoms with Crippen LogP contribution in [0.25, 0.3) is 0 Å². The van der Waals surface area contributed by atoms with E-state index in [1.54, 1.807) is 0 Å². The van der Waals surface area contributed by atoms with E-state index in [1.165, 1.54) is 145 Å². The van der Waals surface area contributed by atoms with Crippen molar-refractivity contribution < 1.29 is 191 Å². The van der Waals surface area contributed by atoms with Crippen molar-refractivity contribution in [2.75, 3.05) is 142 Å². The number of esters is 20. The third-order valence-corrected chi connectivity index (χ3v) is 28.4. The van der Waals surface area contributed by atoms with Crippen molar-refractivity contribution >= 4 is 119 Å². The fraction of sp³-hybridized carbons (Fsp3) is 0.802. The molecule has 0 heterocycles. The molecule has 0 aliphatic carbocycles. The van der Waals surface area contributed by atoms with E-state index in [9.17, 15) is 47.9 Å². The Kier molecular flexibility index (Phi) is 47.5. The molecular formula is C101H166O40. The number of methoxy groups -OCH3 is 20. The highest BCUT2D eigenvalue weighted by atomic mass is 16.6. The summed E-state index contributed by atoms with van der Waals surface area (Å²) in [5, 5.41) is 0. The van der Waals surface area contributed by atoms with Crippen molar-refractivity contribution in [2.24, 2.45) is 109 Å². The fourth-order valence-corrected chi connectivity index (χ4v) is 25.1. The smallest absolute Gasteiger partial charge is 0.311 e. The minimum Gasteiger partial charge on any atom is -0.469 e. The molecule has 0 saturated heterocycles. The predicted molar refractivity (Wildman–Crippen MR) is 504 cm³/mol. The van der Waals surface area contributed by atoms with E-state index in [0.29, 0.717) is 0 Å². The van der Waals surface area contributed by atoms with Gasteiger partial charge in [0.25, 0.3) is 0 Å². The van der Waals surface area contributed by atoms with Crippen LogP contribution in [0.3, 0.4) is 0 Å². The van der Waals surface area contributed by atoms with Crippen molar-refractivity contribution in [3.8, 4) is 0 Å². The van der Waals surface area contributed by atoms with E-state index in [4.69, 9.17) is 94.7 Å². The average Bonchev–Trinajstić information content (AvgIpc) is 0.745. The molecule has 0 saturated carbocycles. The van der Waals surface area contributed by atoms with Gasteiger partial charge in [0.1, 0.15) is 0 Å². The van der Waals surface area contributed by atoms with Gasteiger partial charge in [-0.2, -0.15) is 0 Å². The maximum atomic E-state index is 15.2. The minimum atomic E-state index is -2.23. The van der Waals surface area contributed by atoms with Gasteiger partial charge in [-0.15, -0.1) is 0 Å². The molecule has 0 N–H and O–H groups in total. The van der Waals surface area contributed by atoms with Gasteiger partial charge in [-0.3, -0.25) is 95.9 Å². The molecule has 141 heavy (non-hydrogen) atoms. The molecule has 0 fully saturated rings. The van der Waals surface area contributed by atoms with Gasteiger partial charge in [-0.1, -0.05) is 14.4 Å². The lowest BCUT2D eigenvalue weighted by molar-refractivity contribution is -0.178. The van der Waals surface area contributed by atoms with Crippen LogP contribution in [0.5, 0.6) is 0 Å². The monoisotopic (exact) mass is 2020 g/mol.